The molecule has 4 N–H and O–H groups in total. The van der Waals surface area contributed by atoms with Crippen LogP contribution in [-0.2, 0) is 60.9 Å². The van der Waals surface area contributed by atoms with Crippen molar-refractivity contribution in [2.24, 2.45) is 5.92 Å². The van der Waals surface area contributed by atoms with Gasteiger partial charge < -0.3 is 44.4 Å². The van der Waals surface area contributed by atoms with E-state index in [1.54, 1.807) is 45.0 Å². The van der Waals surface area contributed by atoms with E-state index in [-0.39, 0.29) is 78.6 Å². The Balaban J connectivity index is 1.83. The molecule has 17 nitrogen and oxygen atoms in total. The van der Waals surface area contributed by atoms with Crippen LogP contribution in [0.1, 0.15) is 64.0 Å². The van der Waals surface area contributed by atoms with Crippen molar-refractivity contribution >= 4 is 35.9 Å². The molecule has 0 heterocycles. The van der Waals surface area contributed by atoms with E-state index in [4.69, 9.17) is 33.3 Å². The maximum Gasteiger partial charge on any atom is 0.431 e. The number of amides is 4. The summed E-state index contributed by atoms with van der Waals surface area (Å²) in [6, 6.07) is 17.2. The van der Waals surface area contributed by atoms with Gasteiger partial charge in [0, 0.05) is 19.5 Å². The van der Waals surface area contributed by atoms with Crippen LogP contribution in [-0.4, -0.2) is 101 Å². The number of unbranched alkanes of at least 4 members (excludes halogenated alkanes) is 1. The van der Waals surface area contributed by atoms with Crippen LogP contribution in [0.25, 0.3) is 0 Å². The van der Waals surface area contributed by atoms with Crippen molar-refractivity contribution < 1.29 is 62.0 Å². The second-order valence-electron chi connectivity index (χ2n) is 13.4. The molecule has 2 atom stereocenters. The van der Waals surface area contributed by atoms with Gasteiger partial charge in [0.15, 0.2) is 5.78 Å². The van der Waals surface area contributed by atoms with Crippen LogP contribution in [0.3, 0.4) is 0 Å². The number of alkyl carbamates (subject to hydrolysis) is 2. The third-order valence-electron chi connectivity index (χ3n) is 7.56. The molecule has 0 aliphatic rings. The van der Waals surface area contributed by atoms with E-state index >= 15 is 0 Å². The summed E-state index contributed by atoms with van der Waals surface area (Å²) in [6.45, 7) is 6.45. The first-order valence-electron chi connectivity index (χ1n) is 18.4. The van der Waals surface area contributed by atoms with Gasteiger partial charge in [0.2, 0.25) is 5.91 Å². The van der Waals surface area contributed by atoms with E-state index in [0.29, 0.717) is 12.8 Å². The van der Waals surface area contributed by atoms with E-state index in [9.17, 15) is 28.8 Å². The molecule has 0 aliphatic carbocycles. The lowest BCUT2D eigenvalue weighted by atomic mass is 9.92. The van der Waals surface area contributed by atoms with Gasteiger partial charge in [0.05, 0.1) is 58.5 Å². The monoisotopic (exact) mass is 788 g/mol. The molecule has 0 aliphatic heterocycles. The highest BCUT2D eigenvalue weighted by atomic mass is 16.7. The normalized spacial score (nSPS) is 12.0. The number of rotatable bonds is 26. The zero-order chi connectivity index (χ0) is 41.0. The quantitative estimate of drug-likeness (QED) is 0.0458. The van der Waals surface area contributed by atoms with Crippen LogP contribution in [0.15, 0.2) is 60.7 Å². The molecule has 2 aromatic carbocycles. The lowest BCUT2D eigenvalue weighted by Gasteiger charge is -2.21. The predicted molar refractivity (Wildman–Crippen MR) is 202 cm³/mol. The molecule has 4 amide bonds. The Labute approximate surface area is 327 Å². The SMILES string of the molecule is COC(=O)C[C@H](CC(=O)[C@H](CCCCNC(=O)OCc1ccccc1)NC(=O)OCc1ccccc1)C(=O)NCCOCCOCCONC(=O)OC(C)(C)C. The number of esters is 1. The molecule has 0 unspecified atom stereocenters. The van der Waals surface area contributed by atoms with Crippen LogP contribution < -0.4 is 21.4 Å². The molecule has 56 heavy (non-hydrogen) atoms. The number of hydrogen-bond acceptors (Lipinski definition) is 13. The third kappa shape index (κ3) is 22.8. The van der Waals surface area contributed by atoms with E-state index in [1.165, 1.54) is 7.11 Å². The molecule has 2 rings (SSSR count). The van der Waals surface area contributed by atoms with Crippen molar-refractivity contribution in [2.45, 2.75) is 77.7 Å². The fraction of sp³-hybridized carbons (Fsp3) is 0.538. The van der Waals surface area contributed by atoms with Gasteiger partial charge in [0.25, 0.3) is 0 Å². The maximum atomic E-state index is 13.6. The number of benzene rings is 2. The molecular formula is C39H56N4O13. The Kier molecular flexibility index (Phi) is 22.9. The fourth-order valence-electron chi connectivity index (χ4n) is 4.81. The zero-order valence-electron chi connectivity index (χ0n) is 32.6. The lowest BCUT2D eigenvalue weighted by molar-refractivity contribution is -0.144. The van der Waals surface area contributed by atoms with Gasteiger partial charge in [-0.25, -0.2) is 14.4 Å². The molecule has 0 bridgehead atoms. The van der Waals surface area contributed by atoms with Crippen LogP contribution in [0, 0.1) is 5.92 Å². The minimum Gasteiger partial charge on any atom is -0.469 e. The van der Waals surface area contributed by atoms with Gasteiger partial charge in [0.1, 0.15) is 18.8 Å². The first kappa shape index (κ1) is 46.9. The average molecular weight is 789 g/mol. The third-order valence-corrected chi connectivity index (χ3v) is 7.56. The molecular weight excluding hydrogens is 732 g/mol. The summed E-state index contributed by atoms with van der Waals surface area (Å²) in [5.41, 5.74) is 3.10. The Hall–Kier alpha value is -5.26. The minimum absolute atomic E-state index is 0.0219. The topological polar surface area (TPSA) is 215 Å². The van der Waals surface area contributed by atoms with Crippen molar-refractivity contribution in [3.8, 4) is 0 Å². The van der Waals surface area contributed by atoms with Gasteiger partial charge in [-0.3, -0.25) is 19.2 Å². The Morgan fingerprint density at radius 1 is 0.661 bits per heavy atom. The number of carbonyl (C=O) groups is 6. The van der Waals surface area contributed by atoms with Gasteiger partial charge in [-0.05, 0) is 51.2 Å². The smallest absolute Gasteiger partial charge is 0.431 e. The van der Waals surface area contributed by atoms with Crippen molar-refractivity contribution in [3.63, 3.8) is 0 Å². The van der Waals surface area contributed by atoms with E-state index in [0.717, 1.165) is 11.1 Å². The van der Waals surface area contributed by atoms with Gasteiger partial charge in [-0.1, -0.05) is 60.7 Å². The highest BCUT2D eigenvalue weighted by molar-refractivity contribution is 5.93. The number of hydroxylamine groups is 1. The summed E-state index contributed by atoms with van der Waals surface area (Å²) in [5, 5.41) is 7.94. The van der Waals surface area contributed by atoms with Crippen molar-refractivity contribution in [3.05, 3.63) is 71.8 Å². The largest absolute Gasteiger partial charge is 0.469 e. The number of hydrogen-bond donors (Lipinski definition) is 4. The van der Waals surface area contributed by atoms with Crippen LogP contribution >= 0.6 is 0 Å². The highest BCUT2D eigenvalue weighted by Gasteiger charge is 2.30. The van der Waals surface area contributed by atoms with Crippen LogP contribution in [0.2, 0.25) is 0 Å². The molecule has 2 aromatic rings. The van der Waals surface area contributed by atoms with Gasteiger partial charge >= 0.3 is 24.2 Å². The maximum absolute atomic E-state index is 13.6. The van der Waals surface area contributed by atoms with E-state index < -0.39 is 53.5 Å². The van der Waals surface area contributed by atoms with Crippen molar-refractivity contribution in [1.82, 2.24) is 21.4 Å². The molecule has 17 heteroatoms. The Morgan fingerprint density at radius 3 is 1.86 bits per heavy atom. The first-order chi connectivity index (χ1) is 26.9. The van der Waals surface area contributed by atoms with E-state index in [1.807, 2.05) is 36.4 Å². The van der Waals surface area contributed by atoms with Crippen molar-refractivity contribution in [2.75, 3.05) is 53.2 Å². The second kappa shape index (κ2) is 27.3. The molecule has 310 valence electrons. The molecule has 0 aromatic heterocycles. The summed E-state index contributed by atoms with van der Waals surface area (Å²) < 4.78 is 31.2. The summed E-state index contributed by atoms with van der Waals surface area (Å²) >= 11 is 0. The second-order valence-corrected chi connectivity index (χ2v) is 13.4. The predicted octanol–water partition coefficient (Wildman–Crippen LogP) is 4.12. The highest BCUT2D eigenvalue weighted by Crippen LogP contribution is 2.15. The number of methoxy groups -OCH3 is 1. The summed E-state index contributed by atoms with van der Waals surface area (Å²) in [5.74, 6) is -2.83. The molecule has 0 radical (unpaired) electrons. The number of Topliss-reactive ketones (excluding diaryl/α,β-unsaturated/α-hetero) is 1. The number of ether oxygens (including phenoxy) is 6. The van der Waals surface area contributed by atoms with Crippen LogP contribution in [0.5, 0.6) is 0 Å². The summed E-state index contributed by atoms with van der Waals surface area (Å²) in [7, 11) is 1.18. The van der Waals surface area contributed by atoms with Crippen molar-refractivity contribution in [1.29, 1.82) is 0 Å². The van der Waals surface area contributed by atoms with Crippen LogP contribution in [0.4, 0.5) is 14.4 Å². The fourth-order valence-corrected chi connectivity index (χ4v) is 4.81. The molecule has 0 fully saturated rings. The Bertz CT molecular complexity index is 1470. The van der Waals surface area contributed by atoms with Gasteiger partial charge in [-0.2, -0.15) is 5.48 Å². The van der Waals surface area contributed by atoms with E-state index in [2.05, 4.69) is 21.4 Å². The number of ketones is 1. The lowest BCUT2D eigenvalue weighted by Crippen LogP contribution is -2.43. The minimum atomic E-state index is -1.08. The first-order valence-corrected chi connectivity index (χ1v) is 18.4. The zero-order valence-corrected chi connectivity index (χ0v) is 32.6. The number of nitrogens with one attached hydrogen (secondary N) is 4. The Morgan fingerprint density at radius 2 is 1.25 bits per heavy atom. The molecule has 0 saturated heterocycles. The van der Waals surface area contributed by atoms with Gasteiger partial charge in [-0.15, -0.1) is 0 Å². The summed E-state index contributed by atoms with van der Waals surface area (Å²) in [4.78, 5) is 80.3. The standard InChI is InChI=1S/C39H56N4O13/c1-39(2,3)56-38(49)43-55-24-23-52-22-21-51-20-19-40-35(46)31(26-34(45)50-4)25-33(44)32(42-37(48)54-28-30-15-9-6-10-16-30)17-11-12-18-41-36(47)53-27-29-13-7-5-8-14-29/h5-10,13-16,31-32H,11-12,17-28H2,1-4H3,(H,40,46)(H,41,47)(H,42,48)(H,43,49)/t31-,32-/m0/s1. The molecule has 0 saturated carbocycles. The average Bonchev–Trinajstić information content (AvgIpc) is 3.17. The summed E-state index contributed by atoms with van der Waals surface area (Å²) in [6.07, 6.45) is -1.81. The molecule has 0 spiro atoms. The number of carbonyl (C=O) groups excluding carboxylic acids is 6.